The van der Waals surface area contributed by atoms with Crippen LogP contribution in [-0.2, 0) is 0 Å². The number of hydrogen-bond acceptors (Lipinski definition) is 2. The molecule has 0 aliphatic rings. The van der Waals surface area contributed by atoms with Crippen molar-refractivity contribution in [2.45, 2.75) is 20.8 Å². The molecule has 0 aliphatic carbocycles. The molecule has 2 rings (SSSR count). The minimum absolute atomic E-state index is 0.0255. The molecule has 0 saturated heterocycles. The second kappa shape index (κ2) is 6.33. The Morgan fingerprint density at radius 3 is 2.50 bits per heavy atom. The number of hydrogen-bond donors (Lipinski definition) is 1. The number of nitrogens with zero attached hydrogens (tertiary/aromatic N) is 1. The zero-order valence-electron chi connectivity index (χ0n) is 12.2. The summed E-state index contributed by atoms with van der Waals surface area (Å²) in [7, 11) is 0. The van der Waals surface area contributed by atoms with Crippen LogP contribution in [0.1, 0.15) is 29.8 Å². The van der Waals surface area contributed by atoms with Crippen LogP contribution in [0.5, 0.6) is 0 Å². The average molecular weight is 268 g/mol. The first-order valence-electron chi connectivity index (χ1n) is 6.87. The number of carbonyl (C=O) groups is 1. The highest BCUT2D eigenvalue weighted by Gasteiger charge is 2.06. The maximum Gasteiger partial charge on any atom is 0.251 e. The van der Waals surface area contributed by atoms with Crippen LogP contribution in [0.4, 0.5) is 0 Å². The van der Waals surface area contributed by atoms with E-state index in [4.69, 9.17) is 0 Å². The van der Waals surface area contributed by atoms with Crippen molar-refractivity contribution in [3.8, 4) is 11.3 Å². The molecule has 0 radical (unpaired) electrons. The smallest absolute Gasteiger partial charge is 0.251 e. The molecule has 0 atom stereocenters. The first-order valence-corrected chi connectivity index (χ1v) is 6.87. The Balaban J connectivity index is 2.12. The molecule has 3 heteroatoms. The first-order chi connectivity index (χ1) is 9.56. The largest absolute Gasteiger partial charge is 0.352 e. The Kier molecular flexibility index (Phi) is 4.51. The van der Waals surface area contributed by atoms with Gasteiger partial charge in [0.15, 0.2) is 0 Å². The number of amides is 1. The lowest BCUT2D eigenvalue weighted by Gasteiger charge is -2.08. The lowest BCUT2D eigenvalue weighted by atomic mass is 10.1. The van der Waals surface area contributed by atoms with Gasteiger partial charge in [0.2, 0.25) is 0 Å². The number of carbonyl (C=O) groups excluding carboxylic acids is 1. The van der Waals surface area contributed by atoms with Gasteiger partial charge in [-0.15, -0.1) is 0 Å². The van der Waals surface area contributed by atoms with Gasteiger partial charge < -0.3 is 5.32 Å². The Morgan fingerprint density at radius 1 is 1.20 bits per heavy atom. The molecule has 1 heterocycles. The minimum Gasteiger partial charge on any atom is -0.352 e. The predicted molar refractivity (Wildman–Crippen MR) is 81.6 cm³/mol. The standard InChI is InChI=1S/C17H20N2O/c1-12(2)11-19-17(20)15-6-4-14(5-7-15)16-10-13(3)8-9-18-16/h4-10,12H,11H2,1-3H3,(H,19,20). The fourth-order valence-electron chi connectivity index (χ4n) is 1.89. The van der Waals surface area contributed by atoms with Crippen molar-refractivity contribution in [3.05, 3.63) is 53.7 Å². The van der Waals surface area contributed by atoms with Crippen LogP contribution in [-0.4, -0.2) is 17.4 Å². The molecule has 1 N–H and O–H groups in total. The first kappa shape index (κ1) is 14.3. The predicted octanol–water partition coefficient (Wildman–Crippen LogP) is 3.44. The highest BCUT2D eigenvalue weighted by atomic mass is 16.1. The van der Waals surface area contributed by atoms with Gasteiger partial charge in [0, 0.05) is 23.9 Å². The Hall–Kier alpha value is -2.16. The summed E-state index contributed by atoms with van der Waals surface area (Å²) in [4.78, 5) is 16.3. The van der Waals surface area contributed by atoms with E-state index < -0.39 is 0 Å². The Bertz CT molecular complexity index is 588. The third kappa shape index (κ3) is 3.67. The van der Waals surface area contributed by atoms with Crippen LogP contribution in [0.2, 0.25) is 0 Å². The van der Waals surface area contributed by atoms with E-state index in [0.717, 1.165) is 11.3 Å². The zero-order valence-corrected chi connectivity index (χ0v) is 12.2. The molecule has 20 heavy (non-hydrogen) atoms. The summed E-state index contributed by atoms with van der Waals surface area (Å²) in [6, 6.07) is 11.6. The third-order valence-corrected chi connectivity index (χ3v) is 3.03. The van der Waals surface area contributed by atoms with E-state index in [1.807, 2.05) is 43.3 Å². The van der Waals surface area contributed by atoms with E-state index in [0.29, 0.717) is 18.0 Å². The number of aryl methyl sites for hydroxylation is 1. The van der Waals surface area contributed by atoms with Crippen molar-refractivity contribution in [3.63, 3.8) is 0 Å². The molecule has 1 aromatic heterocycles. The molecule has 0 aliphatic heterocycles. The SMILES string of the molecule is Cc1ccnc(-c2ccc(C(=O)NCC(C)C)cc2)c1. The lowest BCUT2D eigenvalue weighted by molar-refractivity contribution is 0.0949. The topological polar surface area (TPSA) is 42.0 Å². The van der Waals surface area contributed by atoms with Crippen molar-refractivity contribution in [1.29, 1.82) is 0 Å². The quantitative estimate of drug-likeness (QED) is 0.923. The van der Waals surface area contributed by atoms with Crippen molar-refractivity contribution in [1.82, 2.24) is 10.3 Å². The van der Waals surface area contributed by atoms with Crippen molar-refractivity contribution in [2.24, 2.45) is 5.92 Å². The molecular weight excluding hydrogens is 248 g/mol. The second-order valence-electron chi connectivity index (χ2n) is 5.40. The van der Waals surface area contributed by atoms with Gasteiger partial charge in [-0.2, -0.15) is 0 Å². The van der Waals surface area contributed by atoms with Gasteiger partial charge in [0.05, 0.1) is 5.69 Å². The van der Waals surface area contributed by atoms with Gasteiger partial charge in [-0.25, -0.2) is 0 Å². The molecular formula is C17H20N2O. The molecule has 104 valence electrons. The summed E-state index contributed by atoms with van der Waals surface area (Å²) < 4.78 is 0. The van der Waals surface area contributed by atoms with Gasteiger partial charge in [-0.3, -0.25) is 9.78 Å². The third-order valence-electron chi connectivity index (χ3n) is 3.03. The maximum absolute atomic E-state index is 11.9. The molecule has 2 aromatic rings. The highest BCUT2D eigenvalue weighted by Crippen LogP contribution is 2.18. The molecule has 1 amide bonds. The van der Waals surface area contributed by atoms with Crippen LogP contribution in [0.15, 0.2) is 42.6 Å². The molecule has 0 bridgehead atoms. The van der Waals surface area contributed by atoms with Crippen LogP contribution < -0.4 is 5.32 Å². The molecule has 0 spiro atoms. The van der Waals surface area contributed by atoms with E-state index in [1.165, 1.54) is 5.56 Å². The van der Waals surface area contributed by atoms with Crippen molar-refractivity contribution in [2.75, 3.05) is 6.54 Å². The van der Waals surface area contributed by atoms with Crippen molar-refractivity contribution >= 4 is 5.91 Å². The van der Waals surface area contributed by atoms with Gasteiger partial charge in [-0.1, -0.05) is 26.0 Å². The number of aromatic nitrogens is 1. The van der Waals surface area contributed by atoms with E-state index >= 15 is 0 Å². The molecule has 0 unspecified atom stereocenters. The summed E-state index contributed by atoms with van der Waals surface area (Å²) in [5.41, 5.74) is 3.81. The minimum atomic E-state index is -0.0255. The van der Waals surface area contributed by atoms with Gasteiger partial charge in [0.25, 0.3) is 5.91 Å². The van der Waals surface area contributed by atoms with Crippen LogP contribution >= 0.6 is 0 Å². The Labute approximate surface area is 120 Å². The van der Waals surface area contributed by atoms with Gasteiger partial charge in [-0.05, 0) is 42.7 Å². The summed E-state index contributed by atoms with van der Waals surface area (Å²) >= 11 is 0. The number of rotatable bonds is 4. The Morgan fingerprint density at radius 2 is 1.90 bits per heavy atom. The molecule has 3 nitrogen and oxygen atoms in total. The fourth-order valence-corrected chi connectivity index (χ4v) is 1.89. The van der Waals surface area contributed by atoms with E-state index in [-0.39, 0.29) is 5.91 Å². The zero-order chi connectivity index (χ0) is 14.5. The van der Waals surface area contributed by atoms with E-state index in [9.17, 15) is 4.79 Å². The molecule has 0 saturated carbocycles. The summed E-state index contributed by atoms with van der Waals surface area (Å²) in [5, 5.41) is 2.91. The number of nitrogens with one attached hydrogen (secondary N) is 1. The summed E-state index contributed by atoms with van der Waals surface area (Å²) in [6.07, 6.45) is 1.80. The normalized spacial score (nSPS) is 10.6. The van der Waals surface area contributed by atoms with Crippen molar-refractivity contribution < 1.29 is 4.79 Å². The maximum atomic E-state index is 11.9. The fraction of sp³-hybridized carbons (Fsp3) is 0.294. The summed E-state index contributed by atoms with van der Waals surface area (Å²) in [5.74, 6) is 0.428. The van der Waals surface area contributed by atoms with Gasteiger partial charge >= 0.3 is 0 Å². The van der Waals surface area contributed by atoms with Crippen LogP contribution in [0.3, 0.4) is 0 Å². The second-order valence-corrected chi connectivity index (χ2v) is 5.40. The van der Waals surface area contributed by atoms with E-state index in [2.05, 4.69) is 24.1 Å². The van der Waals surface area contributed by atoms with Crippen LogP contribution in [0.25, 0.3) is 11.3 Å². The number of pyridine rings is 1. The van der Waals surface area contributed by atoms with Gasteiger partial charge in [0.1, 0.15) is 0 Å². The highest BCUT2D eigenvalue weighted by molar-refractivity contribution is 5.94. The number of benzene rings is 1. The monoisotopic (exact) mass is 268 g/mol. The molecule has 0 fully saturated rings. The average Bonchev–Trinajstić information content (AvgIpc) is 2.45. The lowest BCUT2D eigenvalue weighted by Crippen LogP contribution is -2.27. The van der Waals surface area contributed by atoms with Crippen LogP contribution in [0, 0.1) is 12.8 Å². The summed E-state index contributed by atoms with van der Waals surface area (Å²) in [6.45, 7) is 6.89. The van der Waals surface area contributed by atoms with E-state index in [1.54, 1.807) is 6.20 Å². The molecule has 1 aromatic carbocycles.